The van der Waals surface area contributed by atoms with Gasteiger partial charge in [-0.05, 0) is 19.3 Å². The van der Waals surface area contributed by atoms with E-state index >= 15 is 0 Å². The molecule has 0 saturated carbocycles. The van der Waals surface area contributed by atoms with Crippen LogP contribution in [0.5, 0.6) is 0 Å². The Morgan fingerprint density at radius 2 is 1.91 bits per heavy atom. The first-order chi connectivity index (χ1) is 10.6. The van der Waals surface area contributed by atoms with E-state index in [0.29, 0.717) is 4.48 Å². The standard InChI is InChI=1S/C17H32N2O3/c1-2-3-4-5-6-7-10-16-18-11-13-19(16,15-17(21)22)12-8-9-14-20/h20H,2-15H2,1H3. The number of aliphatic hydroxyl groups is 1. The van der Waals surface area contributed by atoms with E-state index in [1.165, 1.54) is 32.1 Å². The Morgan fingerprint density at radius 1 is 1.18 bits per heavy atom. The first kappa shape index (κ1) is 19.1. The Bertz CT molecular complexity index is 358. The van der Waals surface area contributed by atoms with Gasteiger partial charge < -0.3 is 15.0 Å². The van der Waals surface area contributed by atoms with Gasteiger partial charge in [0, 0.05) is 13.0 Å². The minimum Gasteiger partial charge on any atom is -0.544 e. The molecule has 0 aliphatic carbocycles. The van der Waals surface area contributed by atoms with Gasteiger partial charge in [0.1, 0.15) is 13.1 Å². The van der Waals surface area contributed by atoms with Gasteiger partial charge in [-0.15, -0.1) is 0 Å². The molecule has 5 heteroatoms. The van der Waals surface area contributed by atoms with Crippen LogP contribution in [-0.2, 0) is 4.79 Å². The first-order valence-electron chi connectivity index (χ1n) is 8.85. The quantitative estimate of drug-likeness (QED) is 0.414. The number of hydrogen-bond acceptors (Lipinski definition) is 4. The number of hydrogen-bond donors (Lipinski definition) is 1. The fourth-order valence-corrected chi connectivity index (χ4v) is 3.29. The highest BCUT2D eigenvalue weighted by Gasteiger charge is 2.37. The van der Waals surface area contributed by atoms with E-state index in [2.05, 4.69) is 11.9 Å². The van der Waals surface area contributed by atoms with Gasteiger partial charge in [-0.3, -0.25) is 4.48 Å². The summed E-state index contributed by atoms with van der Waals surface area (Å²) in [5.74, 6) is 0.0409. The molecule has 22 heavy (non-hydrogen) atoms. The average molecular weight is 312 g/mol. The van der Waals surface area contributed by atoms with Crippen molar-refractivity contribution in [1.29, 1.82) is 0 Å². The van der Waals surface area contributed by atoms with Crippen LogP contribution in [0.1, 0.15) is 64.7 Å². The van der Waals surface area contributed by atoms with Gasteiger partial charge in [0.05, 0.1) is 19.1 Å². The molecule has 1 atom stereocenters. The molecule has 1 rings (SSSR count). The molecule has 5 nitrogen and oxygen atoms in total. The third-order valence-electron chi connectivity index (χ3n) is 4.55. The molecule has 0 spiro atoms. The van der Waals surface area contributed by atoms with Crippen LogP contribution >= 0.6 is 0 Å². The number of nitrogens with zero attached hydrogens (tertiary/aromatic N) is 2. The van der Waals surface area contributed by atoms with E-state index in [0.717, 1.165) is 51.2 Å². The lowest BCUT2D eigenvalue weighted by molar-refractivity contribution is -0.831. The van der Waals surface area contributed by atoms with E-state index in [1.54, 1.807) is 0 Å². The predicted octanol–water partition coefficient (Wildman–Crippen LogP) is 1.49. The van der Waals surface area contributed by atoms with Gasteiger partial charge in [0.15, 0.2) is 5.84 Å². The van der Waals surface area contributed by atoms with Crippen LogP contribution in [0, 0.1) is 0 Å². The number of carbonyl (C=O) groups is 1. The van der Waals surface area contributed by atoms with Crippen LogP contribution in [0.4, 0.5) is 0 Å². The summed E-state index contributed by atoms with van der Waals surface area (Å²) in [4.78, 5) is 15.7. The van der Waals surface area contributed by atoms with E-state index in [9.17, 15) is 9.90 Å². The van der Waals surface area contributed by atoms with Crippen molar-refractivity contribution < 1.29 is 19.5 Å². The van der Waals surface area contributed by atoms with Crippen molar-refractivity contribution in [1.82, 2.24) is 0 Å². The van der Waals surface area contributed by atoms with Crippen molar-refractivity contribution >= 4 is 11.8 Å². The van der Waals surface area contributed by atoms with E-state index in [4.69, 9.17) is 5.11 Å². The molecule has 0 amide bonds. The molecule has 1 aliphatic heterocycles. The van der Waals surface area contributed by atoms with Gasteiger partial charge in [-0.1, -0.05) is 39.0 Å². The molecule has 0 saturated heterocycles. The summed E-state index contributed by atoms with van der Waals surface area (Å²) in [7, 11) is 0. The maximum absolute atomic E-state index is 11.2. The molecule has 0 aromatic carbocycles. The summed E-state index contributed by atoms with van der Waals surface area (Å²) in [6.45, 7) is 4.64. The highest BCUT2D eigenvalue weighted by molar-refractivity contribution is 5.79. The van der Waals surface area contributed by atoms with Crippen LogP contribution in [0.2, 0.25) is 0 Å². The number of carboxylic acid groups (broad SMARTS) is 1. The molecule has 0 bridgehead atoms. The van der Waals surface area contributed by atoms with Crippen molar-refractivity contribution in [2.75, 3.05) is 32.8 Å². The molecule has 0 radical (unpaired) electrons. The zero-order chi connectivity index (χ0) is 16.3. The Labute approximate surface area is 134 Å². The molecule has 0 aromatic heterocycles. The third kappa shape index (κ3) is 6.44. The average Bonchev–Trinajstić information content (AvgIpc) is 2.85. The second-order valence-corrected chi connectivity index (χ2v) is 6.37. The van der Waals surface area contributed by atoms with Crippen molar-refractivity contribution in [3.05, 3.63) is 0 Å². The van der Waals surface area contributed by atoms with E-state index < -0.39 is 5.97 Å². The summed E-state index contributed by atoms with van der Waals surface area (Å²) in [6.07, 6.45) is 9.84. The first-order valence-corrected chi connectivity index (χ1v) is 8.85. The fourth-order valence-electron chi connectivity index (χ4n) is 3.29. The predicted molar refractivity (Wildman–Crippen MR) is 86.5 cm³/mol. The maximum atomic E-state index is 11.2. The van der Waals surface area contributed by atoms with Crippen molar-refractivity contribution in [3.63, 3.8) is 0 Å². The monoisotopic (exact) mass is 312 g/mol. The topological polar surface area (TPSA) is 72.7 Å². The Hall–Kier alpha value is -0.940. The summed E-state index contributed by atoms with van der Waals surface area (Å²) >= 11 is 0. The zero-order valence-electron chi connectivity index (χ0n) is 14.1. The fraction of sp³-hybridized carbons (Fsp3) is 0.882. The van der Waals surface area contributed by atoms with Crippen LogP contribution in [0.3, 0.4) is 0 Å². The largest absolute Gasteiger partial charge is 0.544 e. The molecule has 1 N–H and O–H groups in total. The lowest BCUT2D eigenvalue weighted by Gasteiger charge is -2.35. The Balaban J connectivity index is 2.47. The number of quaternary nitrogens is 1. The molecular formula is C17H32N2O3. The zero-order valence-corrected chi connectivity index (χ0v) is 14.1. The van der Waals surface area contributed by atoms with Gasteiger partial charge in [0.2, 0.25) is 0 Å². The smallest absolute Gasteiger partial charge is 0.198 e. The third-order valence-corrected chi connectivity index (χ3v) is 4.55. The van der Waals surface area contributed by atoms with Crippen LogP contribution in [0.25, 0.3) is 0 Å². The molecule has 0 fully saturated rings. The number of rotatable bonds is 13. The van der Waals surface area contributed by atoms with Crippen molar-refractivity contribution in [2.24, 2.45) is 4.99 Å². The molecule has 1 heterocycles. The highest BCUT2D eigenvalue weighted by atomic mass is 16.4. The Kier molecular flexibility index (Phi) is 9.32. The number of carboxylic acids is 1. The molecule has 0 aromatic rings. The molecule has 1 unspecified atom stereocenters. The van der Waals surface area contributed by atoms with E-state index in [1.807, 2.05) is 0 Å². The number of carbonyl (C=O) groups excluding carboxylic acids is 1. The van der Waals surface area contributed by atoms with Crippen molar-refractivity contribution in [2.45, 2.75) is 64.7 Å². The number of unbranched alkanes of at least 4 members (excludes halogenated alkanes) is 6. The SMILES string of the molecule is CCCCCCCCC1=NCC[N+]1(CCCCO)CC(=O)[O-]. The van der Waals surface area contributed by atoms with Crippen molar-refractivity contribution in [3.8, 4) is 0 Å². The van der Waals surface area contributed by atoms with Gasteiger partial charge in [-0.2, -0.15) is 0 Å². The van der Waals surface area contributed by atoms with Crippen LogP contribution in [-0.4, -0.2) is 54.2 Å². The lowest BCUT2D eigenvalue weighted by Crippen LogP contribution is -2.56. The minimum atomic E-state index is -0.999. The lowest BCUT2D eigenvalue weighted by atomic mass is 10.1. The normalized spacial score (nSPS) is 21.1. The Morgan fingerprint density at radius 3 is 2.59 bits per heavy atom. The number of aliphatic hydroxyl groups excluding tert-OH is 1. The van der Waals surface area contributed by atoms with Gasteiger partial charge in [0.25, 0.3) is 0 Å². The van der Waals surface area contributed by atoms with Crippen LogP contribution < -0.4 is 5.11 Å². The van der Waals surface area contributed by atoms with Gasteiger partial charge >= 0.3 is 0 Å². The maximum Gasteiger partial charge on any atom is 0.198 e. The molecule has 1 aliphatic rings. The summed E-state index contributed by atoms with van der Waals surface area (Å²) < 4.78 is 0.456. The number of amidine groups is 1. The van der Waals surface area contributed by atoms with Crippen LogP contribution in [0.15, 0.2) is 4.99 Å². The minimum absolute atomic E-state index is 0.0279. The van der Waals surface area contributed by atoms with Gasteiger partial charge in [-0.25, -0.2) is 4.99 Å². The van der Waals surface area contributed by atoms with E-state index in [-0.39, 0.29) is 13.2 Å². The summed E-state index contributed by atoms with van der Waals surface area (Å²) in [5, 5.41) is 20.1. The number of aliphatic imine (C=N–C) groups is 1. The highest BCUT2D eigenvalue weighted by Crippen LogP contribution is 2.21. The number of aliphatic carboxylic acids is 1. The molecule has 128 valence electrons. The second kappa shape index (κ2) is 10.7. The summed E-state index contributed by atoms with van der Waals surface area (Å²) in [6, 6.07) is 0. The molecular weight excluding hydrogens is 280 g/mol. The second-order valence-electron chi connectivity index (χ2n) is 6.37. The summed E-state index contributed by atoms with van der Waals surface area (Å²) in [5.41, 5.74) is 0.